The number of rotatable bonds is 4. The minimum Gasteiger partial charge on any atom is -0.303 e. The Morgan fingerprint density at radius 1 is 1.24 bits per heavy atom. The van der Waals surface area contributed by atoms with E-state index in [-0.39, 0.29) is 17.3 Å². The zero-order valence-corrected chi connectivity index (χ0v) is 13.0. The SMILES string of the molecule is CC(C)(C)CCC1C[C@@H](C=O)[C@H](c2ccc(F)cc2F)C1. The maximum atomic E-state index is 14.0. The quantitative estimate of drug-likeness (QED) is 0.706. The monoisotopic (exact) mass is 294 g/mol. The summed E-state index contributed by atoms with van der Waals surface area (Å²) in [6, 6.07) is 3.69. The van der Waals surface area contributed by atoms with E-state index in [1.165, 1.54) is 12.1 Å². The second kappa shape index (κ2) is 6.25. The van der Waals surface area contributed by atoms with Gasteiger partial charge in [-0.3, -0.25) is 0 Å². The van der Waals surface area contributed by atoms with Gasteiger partial charge in [-0.15, -0.1) is 0 Å². The summed E-state index contributed by atoms with van der Waals surface area (Å²) in [5.74, 6) is -0.888. The predicted molar refractivity (Wildman–Crippen MR) is 80.1 cm³/mol. The van der Waals surface area contributed by atoms with Crippen molar-refractivity contribution in [2.75, 3.05) is 0 Å². The number of benzene rings is 1. The number of aldehydes is 1. The third-order valence-electron chi connectivity index (χ3n) is 4.55. The van der Waals surface area contributed by atoms with Crippen LogP contribution in [-0.4, -0.2) is 6.29 Å². The minimum atomic E-state index is -0.568. The van der Waals surface area contributed by atoms with Crippen LogP contribution < -0.4 is 0 Å². The normalized spacial score (nSPS) is 26.0. The fraction of sp³-hybridized carbons (Fsp3) is 0.611. The third-order valence-corrected chi connectivity index (χ3v) is 4.55. The molecule has 1 unspecified atom stereocenters. The van der Waals surface area contributed by atoms with E-state index in [1.807, 2.05) is 0 Å². The average Bonchev–Trinajstić information content (AvgIpc) is 2.79. The Hall–Kier alpha value is -1.25. The number of hydrogen-bond donors (Lipinski definition) is 0. The van der Waals surface area contributed by atoms with E-state index in [2.05, 4.69) is 20.8 Å². The molecule has 1 aromatic rings. The minimum absolute atomic E-state index is 0.104. The lowest BCUT2D eigenvalue weighted by Gasteiger charge is -2.20. The van der Waals surface area contributed by atoms with Crippen LogP contribution in [0.25, 0.3) is 0 Å². The summed E-state index contributed by atoms with van der Waals surface area (Å²) in [7, 11) is 0. The molecule has 0 bridgehead atoms. The van der Waals surface area contributed by atoms with E-state index in [1.54, 1.807) is 0 Å². The molecule has 1 fully saturated rings. The second-order valence-electron chi connectivity index (χ2n) is 7.51. The topological polar surface area (TPSA) is 17.1 Å². The maximum Gasteiger partial charge on any atom is 0.129 e. The summed E-state index contributed by atoms with van der Waals surface area (Å²) in [5.41, 5.74) is 0.766. The first kappa shape index (κ1) is 16.1. The Morgan fingerprint density at radius 3 is 2.52 bits per heavy atom. The third kappa shape index (κ3) is 4.12. The first-order valence-corrected chi connectivity index (χ1v) is 7.70. The molecule has 3 heteroatoms. The van der Waals surface area contributed by atoms with Crippen LogP contribution in [0.5, 0.6) is 0 Å². The Morgan fingerprint density at radius 2 is 1.95 bits per heavy atom. The highest BCUT2D eigenvalue weighted by atomic mass is 19.1. The van der Waals surface area contributed by atoms with Gasteiger partial charge in [0.05, 0.1) is 0 Å². The number of halogens is 2. The highest BCUT2D eigenvalue weighted by Gasteiger charge is 2.36. The van der Waals surface area contributed by atoms with Crippen LogP contribution in [0.2, 0.25) is 0 Å². The molecule has 2 rings (SSSR count). The molecular formula is C18H24F2O. The van der Waals surface area contributed by atoms with Crippen LogP contribution >= 0.6 is 0 Å². The van der Waals surface area contributed by atoms with Crippen molar-refractivity contribution >= 4 is 6.29 Å². The molecule has 0 heterocycles. The van der Waals surface area contributed by atoms with E-state index in [9.17, 15) is 13.6 Å². The number of carbonyl (C=O) groups excluding carboxylic acids is 1. The lowest BCUT2D eigenvalue weighted by molar-refractivity contribution is -0.111. The lowest BCUT2D eigenvalue weighted by Crippen LogP contribution is -2.09. The van der Waals surface area contributed by atoms with Gasteiger partial charge in [-0.1, -0.05) is 26.8 Å². The Balaban J connectivity index is 2.10. The van der Waals surface area contributed by atoms with Crippen molar-refractivity contribution in [2.45, 2.75) is 52.4 Å². The van der Waals surface area contributed by atoms with Crippen LogP contribution in [0.4, 0.5) is 8.78 Å². The molecule has 0 spiro atoms. The first-order valence-electron chi connectivity index (χ1n) is 7.70. The van der Waals surface area contributed by atoms with Gasteiger partial charge >= 0.3 is 0 Å². The van der Waals surface area contributed by atoms with Crippen LogP contribution in [0.3, 0.4) is 0 Å². The van der Waals surface area contributed by atoms with Gasteiger partial charge in [0, 0.05) is 12.0 Å². The standard InChI is InChI=1S/C18H24F2O/c1-18(2,3)7-6-12-8-13(11-21)16(9-12)15-5-4-14(19)10-17(15)20/h4-5,10-13,16H,6-9H2,1-3H3/t12?,13-,16+/m0/s1. The van der Waals surface area contributed by atoms with Crippen molar-refractivity contribution in [3.8, 4) is 0 Å². The van der Waals surface area contributed by atoms with Gasteiger partial charge in [0.2, 0.25) is 0 Å². The van der Waals surface area contributed by atoms with Crippen molar-refractivity contribution < 1.29 is 13.6 Å². The fourth-order valence-corrected chi connectivity index (χ4v) is 3.36. The van der Waals surface area contributed by atoms with Gasteiger partial charge in [0.15, 0.2) is 0 Å². The highest BCUT2D eigenvalue weighted by Crippen LogP contribution is 2.45. The van der Waals surface area contributed by atoms with Crippen LogP contribution in [0.1, 0.15) is 57.9 Å². The summed E-state index contributed by atoms with van der Waals surface area (Å²) in [6.45, 7) is 6.61. The number of hydrogen-bond acceptors (Lipinski definition) is 1. The molecule has 0 radical (unpaired) electrons. The Labute approximate surface area is 125 Å². The molecule has 0 aliphatic heterocycles. The van der Waals surface area contributed by atoms with Gasteiger partial charge in [0.25, 0.3) is 0 Å². The molecule has 3 atom stereocenters. The molecular weight excluding hydrogens is 270 g/mol. The zero-order chi connectivity index (χ0) is 15.6. The molecule has 0 saturated heterocycles. The lowest BCUT2D eigenvalue weighted by atomic mass is 9.85. The summed E-state index contributed by atoms with van der Waals surface area (Å²) >= 11 is 0. The van der Waals surface area contributed by atoms with E-state index >= 15 is 0 Å². The van der Waals surface area contributed by atoms with Crippen LogP contribution in [0.15, 0.2) is 18.2 Å². The van der Waals surface area contributed by atoms with Gasteiger partial charge in [0.1, 0.15) is 17.9 Å². The van der Waals surface area contributed by atoms with Crippen LogP contribution in [0, 0.1) is 28.9 Å². The molecule has 1 aromatic carbocycles. The van der Waals surface area contributed by atoms with Gasteiger partial charge in [-0.05, 0) is 54.6 Å². The Bertz CT molecular complexity index is 504. The van der Waals surface area contributed by atoms with Crippen molar-refractivity contribution in [1.82, 2.24) is 0 Å². The molecule has 1 nitrogen and oxygen atoms in total. The molecule has 0 N–H and O–H groups in total. The molecule has 1 saturated carbocycles. The predicted octanol–water partition coefficient (Wildman–Crippen LogP) is 5.10. The summed E-state index contributed by atoms with van der Waals surface area (Å²) in [6.07, 6.45) is 4.75. The largest absolute Gasteiger partial charge is 0.303 e. The average molecular weight is 294 g/mol. The van der Waals surface area contributed by atoms with Gasteiger partial charge < -0.3 is 4.79 Å². The summed E-state index contributed by atoms with van der Waals surface area (Å²) in [4.78, 5) is 11.3. The highest BCUT2D eigenvalue weighted by molar-refractivity contribution is 5.57. The van der Waals surface area contributed by atoms with Gasteiger partial charge in [-0.25, -0.2) is 8.78 Å². The first-order chi connectivity index (χ1) is 9.80. The van der Waals surface area contributed by atoms with Gasteiger partial charge in [-0.2, -0.15) is 0 Å². The summed E-state index contributed by atoms with van der Waals surface area (Å²) in [5, 5.41) is 0. The molecule has 1 aliphatic rings. The van der Waals surface area contributed by atoms with E-state index in [0.29, 0.717) is 11.5 Å². The van der Waals surface area contributed by atoms with E-state index in [4.69, 9.17) is 0 Å². The van der Waals surface area contributed by atoms with E-state index in [0.717, 1.165) is 38.0 Å². The molecule has 0 aromatic heterocycles. The smallest absolute Gasteiger partial charge is 0.129 e. The Kier molecular flexibility index (Phi) is 4.80. The van der Waals surface area contributed by atoms with Crippen molar-refractivity contribution in [3.63, 3.8) is 0 Å². The molecule has 21 heavy (non-hydrogen) atoms. The van der Waals surface area contributed by atoms with Crippen molar-refractivity contribution in [1.29, 1.82) is 0 Å². The fourth-order valence-electron chi connectivity index (χ4n) is 3.36. The number of carbonyl (C=O) groups is 1. The van der Waals surface area contributed by atoms with E-state index < -0.39 is 11.6 Å². The second-order valence-corrected chi connectivity index (χ2v) is 7.51. The molecule has 1 aliphatic carbocycles. The summed E-state index contributed by atoms with van der Waals surface area (Å²) < 4.78 is 27.0. The van der Waals surface area contributed by atoms with Crippen molar-refractivity contribution in [2.24, 2.45) is 17.3 Å². The molecule has 116 valence electrons. The van der Waals surface area contributed by atoms with Crippen molar-refractivity contribution in [3.05, 3.63) is 35.4 Å². The zero-order valence-electron chi connectivity index (χ0n) is 13.0. The maximum absolute atomic E-state index is 14.0. The van der Waals surface area contributed by atoms with Crippen LogP contribution in [-0.2, 0) is 4.79 Å². The molecule has 0 amide bonds.